The molecule has 0 atom stereocenters. The molecule has 4 fully saturated rings. The lowest BCUT2D eigenvalue weighted by Gasteiger charge is -2.55. The molecule has 4 aliphatic carbocycles. The zero-order chi connectivity index (χ0) is 21.3. The number of nitrogens with zero attached hydrogens (tertiary/aromatic N) is 1. The van der Waals surface area contributed by atoms with Crippen LogP contribution >= 0.6 is 0 Å². The van der Waals surface area contributed by atoms with E-state index >= 15 is 0 Å². The smallest absolute Gasteiger partial charge is 0.163 e. The van der Waals surface area contributed by atoms with Crippen LogP contribution in [0.2, 0.25) is 0 Å². The van der Waals surface area contributed by atoms with Crippen molar-refractivity contribution in [2.75, 3.05) is 26.1 Å². The summed E-state index contributed by atoms with van der Waals surface area (Å²) in [5.41, 5.74) is 4.26. The summed E-state index contributed by atoms with van der Waals surface area (Å²) in [7, 11) is 5.80. The molecule has 1 aromatic carbocycles. The second-order valence-corrected chi connectivity index (χ2v) is 11.4. The van der Waals surface area contributed by atoms with Crippen LogP contribution in [-0.2, 0) is 11.2 Å². The van der Waals surface area contributed by atoms with Gasteiger partial charge in [-0.1, -0.05) is 0 Å². The molecule has 30 heavy (non-hydrogen) atoms. The molecule has 4 heteroatoms. The van der Waals surface area contributed by atoms with Gasteiger partial charge in [0.2, 0.25) is 0 Å². The van der Waals surface area contributed by atoms with Crippen LogP contribution in [0.15, 0.2) is 18.2 Å². The summed E-state index contributed by atoms with van der Waals surface area (Å²) in [5, 5.41) is 3.70. The first-order valence-electron chi connectivity index (χ1n) is 11.6. The number of hydrogen-bond donors (Lipinski definition) is 1. The molecule has 0 spiro atoms. The number of hydrogen-bond acceptors (Lipinski definition) is 4. The Morgan fingerprint density at radius 1 is 1.10 bits per heavy atom. The first kappa shape index (κ1) is 20.0. The average Bonchev–Trinajstić information content (AvgIpc) is 2.64. The van der Waals surface area contributed by atoms with Gasteiger partial charge in [0, 0.05) is 42.4 Å². The molecular weight excluding hydrogens is 372 g/mol. The van der Waals surface area contributed by atoms with Crippen LogP contribution < -0.4 is 15.0 Å². The predicted octanol–water partition coefficient (Wildman–Crippen LogP) is 4.81. The number of fused-ring (bicyclic) bond motifs is 1. The van der Waals surface area contributed by atoms with E-state index in [1.54, 1.807) is 7.11 Å². The van der Waals surface area contributed by atoms with Gasteiger partial charge in [-0.05, 0) is 94.2 Å². The van der Waals surface area contributed by atoms with Gasteiger partial charge in [0.25, 0.3) is 0 Å². The Hall–Kier alpha value is -1.97. The molecule has 162 valence electrons. The molecule has 1 heterocycles. The van der Waals surface area contributed by atoms with Gasteiger partial charge in [-0.15, -0.1) is 0 Å². The number of carbonyl (C=O) groups excluding carboxylic acids is 1. The molecular formula is C26H36N2O2. The van der Waals surface area contributed by atoms with Gasteiger partial charge in [-0.2, -0.15) is 0 Å². The van der Waals surface area contributed by atoms with Crippen molar-refractivity contribution >= 4 is 17.2 Å². The Kier molecular flexibility index (Phi) is 4.50. The number of nitrogens with one attached hydrogen (secondary N) is 1. The van der Waals surface area contributed by atoms with E-state index in [1.807, 2.05) is 20.2 Å². The summed E-state index contributed by atoms with van der Waals surface area (Å²) >= 11 is 0. The van der Waals surface area contributed by atoms with E-state index in [4.69, 9.17) is 4.74 Å². The van der Waals surface area contributed by atoms with Crippen LogP contribution in [0.25, 0.3) is 5.70 Å². The van der Waals surface area contributed by atoms with Crippen molar-refractivity contribution in [3.63, 3.8) is 0 Å². The van der Waals surface area contributed by atoms with Crippen molar-refractivity contribution in [2.24, 2.45) is 23.2 Å². The zero-order valence-electron chi connectivity index (χ0n) is 19.2. The van der Waals surface area contributed by atoms with E-state index < -0.39 is 0 Å². The van der Waals surface area contributed by atoms with Gasteiger partial charge < -0.3 is 15.0 Å². The van der Waals surface area contributed by atoms with E-state index in [0.717, 1.165) is 66.1 Å². The Labute approximate surface area is 181 Å². The fourth-order valence-corrected chi connectivity index (χ4v) is 7.28. The first-order chi connectivity index (χ1) is 14.2. The number of benzene rings is 1. The third-order valence-electron chi connectivity index (χ3n) is 8.12. The third kappa shape index (κ3) is 3.23. The Morgan fingerprint density at radius 2 is 1.70 bits per heavy atom. The predicted molar refractivity (Wildman–Crippen MR) is 122 cm³/mol. The largest absolute Gasteiger partial charge is 0.495 e. The van der Waals surface area contributed by atoms with Crippen molar-refractivity contribution < 1.29 is 9.53 Å². The summed E-state index contributed by atoms with van der Waals surface area (Å²) in [6, 6.07) is 4.35. The topological polar surface area (TPSA) is 41.6 Å². The highest BCUT2D eigenvalue weighted by molar-refractivity contribution is 6.01. The van der Waals surface area contributed by atoms with Crippen molar-refractivity contribution in [1.82, 2.24) is 5.32 Å². The maximum Gasteiger partial charge on any atom is 0.163 e. The highest BCUT2D eigenvalue weighted by Crippen LogP contribution is 2.60. The van der Waals surface area contributed by atoms with Gasteiger partial charge in [0.05, 0.1) is 12.8 Å². The van der Waals surface area contributed by atoms with Gasteiger partial charge in [-0.25, -0.2) is 0 Å². The molecule has 4 saturated carbocycles. The van der Waals surface area contributed by atoms with E-state index in [2.05, 4.69) is 36.2 Å². The molecule has 0 radical (unpaired) electrons. The molecule has 1 aromatic rings. The van der Waals surface area contributed by atoms with Crippen LogP contribution in [0.4, 0.5) is 5.69 Å². The lowest BCUT2D eigenvalue weighted by molar-refractivity contribution is -0.138. The van der Waals surface area contributed by atoms with Gasteiger partial charge >= 0.3 is 0 Å². The molecule has 4 bridgehead atoms. The Morgan fingerprint density at radius 3 is 2.23 bits per heavy atom. The highest BCUT2D eigenvalue weighted by Gasteiger charge is 2.54. The van der Waals surface area contributed by atoms with Crippen molar-refractivity contribution in [3.05, 3.63) is 29.3 Å². The summed E-state index contributed by atoms with van der Waals surface area (Å²) < 4.78 is 5.67. The second-order valence-electron chi connectivity index (χ2n) is 11.4. The van der Waals surface area contributed by atoms with Crippen LogP contribution in [0, 0.1) is 23.2 Å². The quantitative estimate of drug-likeness (QED) is 0.726. The molecule has 6 rings (SSSR count). The maximum atomic E-state index is 13.8. The highest BCUT2D eigenvalue weighted by atomic mass is 16.5. The minimum absolute atomic E-state index is 0.0920. The van der Waals surface area contributed by atoms with Crippen molar-refractivity contribution in [1.29, 1.82) is 0 Å². The molecule has 0 aromatic heterocycles. The summed E-state index contributed by atoms with van der Waals surface area (Å²) in [5.74, 6) is 3.61. The third-order valence-corrected chi connectivity index (χ3v) is 8.12. The van der Waals surface area contributed by atoms with Crippen LogP contribution in [-0.4, -0.2) is 32.5 Å². The van der Waals surface area contributed by atoms with Crippen molar-refractivity contribution in [2.45, 2.75) is 64.3 Å². The molecule has 1 N–H and O–H groups in total. The average molecular weight is 409 g/mol. The maximum absolute atomic E-state index is 13.8. The van der Waals surface area contributed by atoms with E-state index in [0.29, 0.717) is 5.78 Å². The number of allylic oxidation sites excluding steroid dienone is 1. The minimum atomic E-state index is -0.0952. The summed E-state index contributed by atoms with van der Waals surface area (Å²) in [4.78, 5) is 15.9. The number of carbonyl (C=O) groups is 1. The molecule has 0 saturated heterocycles. The van der Waals surface area contributed by atoms with Gasteiger partial charge in [0.1, 0.15) is 5.75 Å². The number of ketones is 1. The second kappa shape index (κ2) is 6.77. The molecule has 1 aliphatic heterocycles. The molecule has 5 aliphatic rings. The minimum Gasteiger partial charge on any atom is -0.495 e. The first-order valence-corrected chi connectivity index (χ1v) is 11.6. The zero-order valence-corrected chi connectivity index (χ0v) is 19.2. The fraction of sp³-hybridized carbons (Fsp3) is 0.654. The lowest BCUT2D eigenvalue weighted by atomic mass is 9.48. The van der Waals surface area contributed by atoms with E-state index in [9.17, 15) is 4.79 Å². The van der Waals surface area contributed by atoms with Crippen LogP contribution in [0.5, 0.6) is 5.75 Å². The number of anilines is 1. The van der Waals surface area contributed by atoms with Crippen LogP contribution in [0.3, 0.4) is 0 Å². The normalized spacial score (nSPS) is 34.4. The lowest BCUT2D eigenvalue weighted by Crippen LogP contribution is -2.50. The number of rotatable bonds is 4. The number of methoxy groups -OCH3 is 1. The Bertz CT molecular complexity index is 877. The summed E-state index contributed by atoms with van der Waals surface area (Å²) in [6.45, 7) is 4.43. The fourth-order valence-electron chi connectivity index (χ4n) is 7.28. The van der Waals surface area contributed by atoms with Crippen molar-refractivity contribution in [3.8, 4) is 5.75 Å². The van der Waals surface area contributed by atoms with Gasteiger partial charge in [-0.3, -0.25) is 4.79 Å². The van der Waals surface area contributed by atoms with Crippen LogP contribution in [0.1, 0.15) is 63.5 Å². The molecule has 4 nitrogen and oxygen atoms in total. The Balaban J connectivity index is 1.55. The van der Waals surface area contributed by atoms with E-state index in [1.165, 1.54) is 24.8 Å². The standard InChI is InChI=1S/C26H36N2O2/c1-25(2)15-19-9-23(30-5)22(28(3)4)10-20(19)21(27-25)11-24(29)26-12-16-6-17(13-26)8-18(7-16)14-26/h9-11,16-18,27H,6-8,12-15H2,1-5H3/b21-11+. The SMILES string of the molecule is COc1cc2c(cc1N(C)C)/C(=C\C(=O)C13CC4CC(CC(C4)C1)C3)NC(C)(C)C2. The summed E-state index contributed by atoms with van der Waals surface area (Å²) in [6.07, 6.45) is 10.3. The molecule has 0 amide bonds. The van der Waals surface area contributed by atoms with Gasteiger partial charge in [0.15, 0.2) is 5.78 Å². The van der Waals surface area contributed by atoms with E-state index in [-0.39, 0.29) is 11.0 Å². The molecule has 0 unspecified atom stereocenters. The monoisotopic (exact) mass is 408 g/mol. The number of ether oxygens (including phenoxy) is 1.